The third-order valence-corrected chi connectivity index (χ3v) is 6.05. The molecule has 6 nitrogen and oxygen atoms in total. The van der Waals surface area contributed by atoms with Gasteiger partial charge in [-0.05, 0) is 52.9 Å². The number of ether oxygens (including phenoxy) is 2. The van der Waals surface area contributed by atoms with Crippen molar-refractivity contribution in [2.24, 2.45) is 10.8 Å². The maximum Gasteiger partial charge on any atom is 0.225 e. The molecule has 6 heteroatoms. The van der Waals surface area contributed by atoms with Crippen molar-refractivity contribution in [1.82, 2.24) is 10.2 Å². The van der Waals surface area contributed by atoms with Crippen molar-refractivity contribution in [1.29, 1.82) is 0 Å². The summed E-state index contributed by atoms with van der Waals surface area (Å²) in [6.45, 7) is 24.9. The number of hydrogen-bond donors (Lipinski definition) is 1. The first-order chi connectivity index (χ1) is 14.8. The average molecular weight is 471 g/mol. The molecule has 0 saturated carbocycles. The van der Waals surface area contributed by atoms with Gasteiger partial charge in [0.1, 0.15) is 5.78 Å². The topological polar surface area (TPSA) is 67.9 Å². The highest BCUT2D eigenvalue weighted by atomic mass is 16.5. The van der Waals surface area contributed by atoms with Crippen molar-refractivity contribution in [2.45, 2.75) is 119 Å². The third kappa shape index (κ3) is 14.8. The monoisotopic (exact) mass is 470 g/mol. The van der Waals surface area contributed by atoms with Crippen molar-refractivity contribution < 1.29 is 19.1 Å². The van der Waals surface area contributed by atoms with Crippen LogP contribution < -0.4 is 5.32 Å². The van der Waals surface area contributed by atoms with Crippen molar-refractivity contribution >= 4 is 11.7 Å². The Bertz CT molecular complexity index is 613. The number of Topliss-reactive ketones (excluding diaryl/α,β-unsaturated/α-hetero) is 1. The smallest absolute Gasteiger partial charge is 0.225 e. The second kappa shape index (κ2) is 13.2. The Morgan fingerprint density at radius 1 is 0.970 bits per heavy atom. The Hall–Kier alpha value is -0.980. The molecule has 0 heterocycles. The van der Waals surface area contributed by atoms with E-state index in [-0.39, 0.29) is 28.1 Å². The second-order valence-corrected chi connectivity index (χ2v) is 12.7. The highest BCUT2D eigenvalue weighted by Crippen LogP contribution is 2.27. The summed E-state index contributed by atoms with van der Waals surface area (Å²) in [5, 5.41) is 3.55. The van der Waals surface area contributed by atoms with Crippen LogP contribution >= 0.6 is 0 Å². The van der Waals surface area contributed by atoms with Crippen molar-refractivity contribution in [3.05, 3.63) is 0 Å². The fraction of sp³-hybridized carbons (Fsp3) is 0.926. The van der Waals surface area contributed by atoms with Gasteiger partial charge in [0.15, 0.2) is 0 Å². The molecule has 0 bridgehead atoms. The van der Waals surface area contributed by atoms with Crippen LogP contribution in [0.4, 0.5) is 0 Å². The second-order valence-electron chi connectivity index (χ2n) is 12.7. The van der Waals surface area contributed by atoms with Crippen LogP contribution in [0.2, 0.25) is 0 Å². The molecule has 0 spiro atoms. The molecule has 1 unspecified atom stereocenters. The van der Waals surface area contributed by atoms with Gasteiger partial charge in [0.2, 0.25) is 5.91 Å². The van der Waals surface area contributed by atoms with Gasteiger partial charge in [-0.1, -0.05) is 41.5 Å². The molecule has 1 atom stereocenters. The summed E-state index contributed by atoms with van der Waals surface area (Å²) in [6, 6.07) is 0.417. The van der Waals surface area contributed by atoms with Crippen LogP contribution in [-0.2, 0) is 19.1 Å². The quantitative estimate of drug-likeness (QED) is 0.315. The van der Waals surface area contributed by atoms with Crippen LogP contribution in [0.3, 0.4) is 0 Å². The van der Waals surface area contributed by atoms with E-state index in [4.69, 9.17) is 9.47 Å². The number of carbonyl (C=O) groups is 2. The number of amides is 1. The molecule has 0 aromatic rings. The Labute approximate surface area is 204 Å². The lowest BCUT2D eigenvalue weighted by atomic mass is 9.86. The van der Waals surface area contributed by atoms with E-state index >= 15 is 0 Å². The number of nitrogens with zero attached hydrogens (tertiary/aromatic N) is 1. The summed E-state index contributed by atoms with van der Waals surface area (Å²) < 4.78 is 12.1. The SMILES string of the molecule is CCC(C)(COCC(C)(C)CC(C)=O)CN(C)C(=O)CC(C)(C)OCCC(C)(C)NC(C)C. The first-order valence-electron chi connectivity index (χ1n) is 12.5. The Morgan fingerprint density at radius 2 is 1.55 bits per heavy atom. The zero-order chi connectivity index (χ0) is 26.1. The van der Waals surface area contributed by atoms with E-state index in [1.54, 1.807) is 6.92 Å². The number of nitrogens with one attached hydrogen (secondary N) is 1. The van der Waals surface area contributed by atoms with E-state index < -0.39 is 5.60 Å². The molecule has 1 amide bonds. The Kier molecular flexibility index (Phi) is 12.8. The van der Waals surface area contributed by atoms with Gasteiger partial charge in [0, 0.05) is 43.6 Å². The maximum atomic E-state index is 13.0. The van der Waals surface area contributed by atoms with E-state index in [1.165, 1.54) is 0 Å². The number of rotatable bonds is 17. The predicted octanol–water partition coefficient (Wildman–Crippen LogP) is 5.24. The van der Waals surface area contributed by atoms with Gasteiger partial charge in [0.05, 0.1) is 25.2 Å². The normalized spacial score (nSPS) is 14.9. The number of ketones is 1. The molecule has 0 aliphatic heterocycles. The molecule has 0 aliphatic carbocycles. The molecule has 0 aliphatic rings. The first kappa shape index (κ1) is 32.0. The van der Waals surface area contributed by atoms with Crippen LogP contribution in [0, 0.1) is 10.8 Å². The molecule has 0 fully saturated rings. The summed E-state index contributed by atoms with van der Waals surface area (Å²) in [5.41, 5.74) is -0.848. The van der Waals surface area contributed by atoms with E-state index in [2.05, 4.69) is 60.7 Å². The number of hydrogen-bond acceptors (Lipinski definition) is 5. The predicted molar refractivity (Wildman–Crippen MR) is 138 cm³/mol. The highest BCUT2D eigenvalue weighted by Gasteiger charge is 2.31. The lowest BCUT2D eigenvalue weighted by Gasteiger charge is -2.36. The van der Waals surface area contributed by atoms with Gasteiger partial charge < -0.3 is 24.5 Å². The lowest BCUT2D eigenvalue weighted by molar-refractivity contribution is -0.139. The van der Waals surface area contributed by atoms with Gasteiger partial charge in [-0.3, -0.25) is 4.79 Å². The average Bonchev–Trinajstić information content (AvgIpc) is 2.58. The summed E-state index contributed by atoms with van der Waals surface area (Å²) in [4.78, 5) is 26.2. The molecule has 0 saturated heterocycles. The van der Waals surface area contributed by atoms with E-state index in [0.29, 0.717) is 45.2 Å². The van der Waals surface area contributed by atoms with Crippen LogP contribution in [0.5, 0.6) is 0 Å². The number of carbonyl (C=O) groups excluding carboxylic acids is 2. The minimum absolute atomic E-state index is 0.00697. The van der Waals surface area contributed by atoms with Crippen molar-refractivity contribution in [3.8, 4) is 0 Å². The third-order valence-electron chi connectivity index (χ3n) is 6.05. The zero-order valence-corrected chi connectivity index (χ0v) is 23.8. The Balaban J connectivity index is 4.71. The lowest BCUT2D eigenvalue weighted by Crippen LogP contribution is -2.45. The summed E-state index contributed by atoms with van der Waals surface area (Å²) in [5.74, 6) is 0.257. The van der Waals surface area contributed by atoms with Crippen molar-refractivity contribution in [2.75, 3.05) is 33.4 Å². The molecule has 0 aromatic heterocycles. The molecule has 33 heavy (non-hydrogen) atoms. The summed E-state index contributed by atoms with van der Waals surface area (Å²) >= 11 is 0. The summed E-state index contributed by atoms with van der Waals surface area (Å²) in [7, 11) is 1.86. The van der Waals surface area contributed by atoms with Crippen LogP contribution in [0.1, 0.15) is 102 Å². The molecular formula is C27H54N2O4. The van der Waals surface area contributed by atoms with Gasteiger partial charge in [-0.15, -0.1) is 0 Å². The largest absolute Gasteiger partial charge is 0.380 e. The maximum absolute atomic E-state index is 13.0. The molecule has 0 aromatic carbocycles. The molecule has 0 radical (unpaired) electrons. The minimum Gasteiger partial charge on any atom is -0.380 e. The zero-order valence-electron chi connectivity index (χ0n) is 23.8. The van der Waals surface area contributed by atoms with Gasteiger partial charge in [-0.2, -0.15) is 0 Å². The molecule has 196 valence electrons. The van der Waals surface area contributed by atoms with Crippen molar-refractivity contribution in [3.63, 3.8) is 0 Å². The van der Waals surface area contributed by atoms with E-state index in [9.17, 15) is 9.59 Å². The van der Waals surface area contributed by atoms with Gasteiger partial charge in [-0.25, -0.2) is 0 Å². The van der Waals surface area contributed by atoms with Gasteiger partial charge in [0.25, 0.3) is 0 Å². The first-order valence-corrected chi connectivity index (χ1v) is 12.5. The van der Waals surface area contributed by atoms with Crippen LogP contribution in [-0.4, -0.2) is 67.2 Å². The Morgan fingerprint density at radius 3 is 2.03 bits per heavy atom. The molecular weight excluding hydrogens is 416 g/mol. The van der Waals surface area contributed by atoms with Gasteiger partial charge >= 0.3 is 0 Å². The van der Waals surface area contributed by atoms with E-state index in [0.717, 1.165) is 12.8 Å². The molecule has 1 N–H and O–H groups in total. The standard InChI is InChI=1S/C27H54N2O4/c1-13-27(11,20-32-19-24(5,6)16-22(4)30)18-29(12)23(31)17-26(9,10)33-15-14-25(7,8)28-21(2)3/h21,28H,13-20H2,1-12H3. The van der Waals surface area contributed by atoms with Crippen LogP contribution in [0.15, 0.2) is 0 Å². The fourth-order valence-electron chi connectivity index (χ4n) is 4.21. The minimum atomic E-state index is -0.519. The van der Waals surface area contributed by atoms with Crippen LogP contribution in [0.25, 0.3) is 0 Å². The molecule has 0 rings (SSSR count). The fourth-order valence-corrected chi connectivity index (χ4v) is 4.21. The summed E-state index contributed by atoms with van der Waals surface area (Å²) in [6.07, 6.45) is 2.63. The highest BCUT2D eigenvalue weighted by molar-refractivity contribution is 5.77. The van der Waals surface area contributed by atoms with E-state index in [1.807, 2.05) is 25.8 Å².